The summed E-state index contributed by atoms with van der Waals surface area (Å²) in [5, 5.41) is 13.0. The molecule has 24 heavy (non-hydrogen) atoms. The highest BCUT2D eigenvalue weighted by Crippen LogP contribution is 2.18. The van der Waals surface area contributed by atoms with Gasteiger partial charge >= 0.3 is 0 Å². The number of oxime groups is 1. The molecule has 0 aliphatic carbocycles. The van der Waals surface area contributed by atoms with Crippen molar-refractivity contribution in [2.24, 2.45) is 5.16 Å². The number of benzene rings is 1. The zero-order valence-electron chi connectivity index (χ0n) is 13.6. The summed E-state index contributed by atoms with van der Waals surface area (Å²) >= 11 is 0. The second kappa shape index (κ2) is 6.91. The fourth-order valence-electron chi connectivity index (χ4n) is 2.40. The largest absolute Gasteiger partial charge is 0.410 e. The lowest BCUT2D eigenvalue weighted by molar-refractivity contribution is 0.319. The molecule has 0 unspecified atom stereocenters. The molecule has 0 saturated carbocycles. The van der Waals surface area contributed by atoms with Crippen molar-refractivity contribution in [3.05, 3.63) is 78.1 Å². The molecule has 1 aromatic carbocycles. The first-order valence-corrected chi connectivity index (χ1v) is 7.57. The summed E-state index contributed by atoms with van der Waals surface area (Å²) in [6.07, 6.45) is 1.73. The van der Waals surface area contributed by atoms with E-state index in [2.05, 4.69) is 15.1 Å². The zero-order valence-corrected chi connectivity index (χ0v) is 13.6. The highest BCUT2D eigenvalue weighted by atomic mass is 16.4. The van der Waals surface area contributed by atoms with Gasteiger partial charge in [-0.15, -0.1) is 0 Å². The molecular weight excluding hydrogens is 300 g/mol. The van der Waals surface area contributed by atoms with Crippen molar-refractivity contribution in [3.8, 4) is 11.4 Å². The maximum Gasteiger partial charge on any atom is 0.135 e. The first kappa shape index (κ1) is 15.7. The minimum absolute atomic E-state index is 0.429. The zero-order chi connectivity index (χ0) is 16.9. The molecule has 0 fully saturated rings. The Hall–Kier alpha value is -3.21. The van der Waals surface area contributed by atoms with Gasteiger partial charge in [0.05, 0.1) is 17.1 Å². The Morgan fingerprint density at radius 3 is 2.29 bits per heavy atom. The van der Waals surface area contributed by atoms with Crippen LogP contribution in [0.15, 0.2) is 72.0 Å². The molecule has 0 saturated heterocycles. The van der Waals surface area contributed by atoms with Crippen molar-refractivity contribution in [1.82, 2.24) is 9.97 Å². The van der Waals surface area contributed by atoms with Crippen LogP contribution in [0.3, 0.4) is 0 Å². The molecule has 2 aromatic heterocycles. The van der Waals surface area contributed by atoms with E-state index in [1.165, 1.54) is 0 Å². The summed E-state index contributed by atoms with van der Waals surface area (Å²) < 4.78 is 0. The molecule has 0 radical (unpaired) electrons. The van der Waals surface area contributed by atoms with Gasteiger partial charge in [-0.1, -0.05) is 29.4 Å². The second-order valence-electron chi connectivity index (χ2n) is 5.51. The maximum absolute atomic E-state index is 9.49. The molecule has 0 aliphatic heterocycles. The van der Waals surface area contributed by atoms with Crippen LogP contribution in [0.25, 0.3) is 11.4 Å². The first-order valence-electron chi connectivity index (χ1n) is 7.57. The summed E-state index contributed by atoms with van der Waals surface area (Å²) in [5.41, 5.74) is 4.41. The van der Waals surface area contributed by atoms with E-state index < -0.39 is 0 Å². The van der Waals surface area contributed by atoms with Gasteiger partial charge < -0.3 is 10.1 Å². The number of aromatic nitrogens is 2. The van der Waals surface area contributed by atoms with Gasteiger partial charge in [-0.05, 0) is 36.4 Å². The molecule has 5 nitrogen and oxygen atoms in total. The number of anilines is 1. The molecule has 0 amide bonds. The van der Waals surface area contributed by atoms with Crippen LogP contribution in [-0.2, 0) is 0 Å². The third kappa shape index (κ3) is 3.25. The molecular formula is C19H18N4O. The Kier molecular flexibility index (Phi) is 4.52. The standard InChI is InChI=1S/C19H18N4O/c1-23(2)15-11-9-14(10-12-15)19(22-24)18-8-5-7-17(21-18)16-6-3-4-13-20-16/h3-13,24H,1-2H3/b22-19-. The van der Waals surface area contributed by atoms with E-state index in [9.17, 15) is 5.21 Å². The monoisotopic (exact) mass is 318 g/mol. The van der Waals surface area contributed by atoms with E-state index in [1.54, 1.807) is 6.20 Å². The van der Waals surface area contributed by atoms with Crippen LogP contribution in [0.4, 0.5) is 5.69 Å². The van der Waals surface area contributed by atoms with Crippen molar-refractivity contribution in [1.29, 1.82) is 0 Å². The quantitative estimate of drug-likeness (QED) is 0.455. The molecule has 3 rings (SSSR count). The van der Waals surface area contributed by atoms with E-state index in [-0.39, 0.29) is 0 Å². The summed E-state index contributed by atoms with van der Waals surface area (Å²) in [4.78, 5) is 10.9. The second-order valence-corrected chi connectivity index (χ2v) is 5.51. The molecule has 0 aliphatic rings. The predicted octanol–water partition coefficient (Wildman–Crippen LogP) is 3.44. The van der Waals surface area contributed by atoms with Gasteiger partial charge in [-0.25, -0.2) is 4.98 Å². The molecule has 3 aromatic rings. The Balaban J connectivity index is 1.97. The van der Waals surface area contributed by atoms with Crippen molar-refractivity contribution in [3.63, 3.8) is 0 Å². The Labute approximate surface area is 140 Å². The van der Waals surface area contributed by atoms with Gasteiger partial charge in [0, 0.05) is 31.5 Å². The van der Waals surface area contributed by atoms with Gasteiger partial charge in [-0.2, -0.15) is 0 Å². The summed E-state index contributed by atoms with van der Waals surface area (Å²) in [6, 6.07) is 19.0. The Morgan fingerprint density at radius 2 is 1.67 bits per heavy atom. The lowest BCUT2D eigenvalue weighted by atomic mass is 10.1. The molecule has 2 heterocycles. The predicted molar refractivity (Wildman–Crippen MR) is 95.7 cm³/mol. The molecule has 120 valence electrons. The number of nitrogens with zero attached hydrogens (tertiary/aromatic N) is 4. The molecule has 1 N–H and O–H groups in total. The van der Waals surface area contributed by atoms with Gasteiger partial charge in [0.1, 0.15) is 5.71 Å². The highest BCUT2D eigenvalue weighted by Gasteiger charge is 2.11. The van der Waals surface area contributed by atoms with Gasteiger partial charge in [0.2, 0.25) is 0 Å². The van der Waals surface area contributed by atoms with Crippen molar-refractivity contribution >= 4 is 11.4 Å². The van der Waals surface area contributed by atoms with Crippen LogP contribution in [0.5, 0.6) is 0 Å². The molecule has 0 bridgehead atoms. The van der Waals surface area contributed by atoms with Crippen LogP contribution in [0.1, 0.15) is 11.3 Å². The first-order chi connectivity index (χ1) is 11.7. The fourth-order valence-corrected chi connectivity index (χ4v) is 2.40. The Bertz CT molecular complexity index is 843. The van der Waals surface area contributed by atoms with E-state index in [1.807, 2.05) is 79.7 Å². The minimum atomic E-state index is 0.429. The van der Waals surface area contributed by atoms with Crippen molar-refractivity contribution in [2.75, 3.05) is 19.0 Å². The minimum Gasteiger partial charge on any atom is -0.410 e. The fraction of sp³-hybridized carbons (Fsp3) is 0.105. The van der Waals surface area contributed by atoms with Crippen LogP contribution in [0, 0.1) is 0 Å². The van der Waals surface area contributed by atoms with Crippen LogP contribution in [-0.4, -0.2) is 35.0 Å². The smallest absolute Gasteiger partial charge is 0.135 e. The normalized spacial score (nSPS) is 11.3. The number of hydrogen-bond donors (Lipinski definition) is 1. The lowest BCUT2D eigenvalue weighted by Gasteiger charge is -2.13. The average molecular weight is 318 g/mol. The van der Waals surface area contributed by atoms with Crippen LogP contribution < -0.4 is 4.90 Å². The maximum atomic E-state index is 9.49. The van der Waals surface area contributed by atoms with Crippen LogP contribution >= 0.6 is 0 Å². The summed E-state index contributed by atoms with van der Waals surface area (Å²) in [5.74, 6) is 0. The van der Waals surface area contributed by atoms with Gasteiger partial charge in [0.25, 0.3) is 0 Å². The molecule has 0 spiro atoms. The average Bonchev–Trinajstić information content (AvgIpc) is 2.64. The number of rotatable bonds is 4. The van der Waals surface area contributed by atoms with E-state index >= 15 is 0 Å². The van der Waals surface area contributed by atoms with E-state index in [0.29, 0.717) is 11.4 Å². The summed E-state index contributed by atoms with van der Waals surface area (Å²) in [7, 11) is 3.96. The third-order valence-electron chi connectivity index (χ3n) is 3.68. The van der Waals surface area contributed by atoms with E-state index in [0.717, 1.165) is 22.6 Å². The molecule has 0 atom stereocenters. The SMILES string of the molecule is CN(C)c1ccc(/C(=N/O)c2cccc(-c3ccccn3)n2)cc1. The Morgan fingerprint density at radius 1 is 0.917 bits per heavy atom. The molecule has 5 heteroatoms. The van der Waals surface area contributed by atoms with Gasteiger partial charge in [0.15, 0.2) is 0 Å². The summed E-state index contributed by atoms with van der Waals surface area (Å²) in [6.45, 7) is 0. The third-order valence-corrected chi connectivity index (χ3v) is 3.68. The number of pyridine rings is 2. The topological polar surface area (TPSA) is 61.6 Å². The highest BCUT2D eigenvalue weighted by molar-refractivity contribution is 6.11. The van der Waals surface area contributed by atoms with E-state index in [4.69, 9.17) is 0 Å². The van der Waals surface area contributed by atoms with Crippen molar-refractivity contribution in [2.45, 2.75) is 0 Å². The number of hydrogen-bond acceptors (Lipinski definition) is 5. The van der Waals surface area contributed by atoms with Crippen LogP contribution in [0.2, 0.25) is 0 Å². The van der Waals surface area contributed by atoms with Gasteiger partial charge in [-0.3, -0.25) is 4.98 Å². The lowest BCUT2D eigenvalue weighted by Crippen LogP contribution is -2.10. The van der Waals surface area contributed by atoms with Crippen molar-refractivity contribution < 1.29 is 5.21 Å².